The van der Waals surface area contributed by atoms with Gasteiger partial charge in [-0.05, 0) is 24.3 Å². The lowest BCUT2D eigenvalue weighted by Crippen LogP contribution is -2.29. The Morgan fingerprint density at radius 3 is 2.43 bits per heavy atom. The molecule has 0 spiro atoms. The van der Waals surface area contributed by atoms with E-state index >= 15 is 0 Å². The molecule has 0 saturated carbocycles. The summed E-state index contributed by atoms with van der Waals surface area (Å²) in [6, 6.07) is 6.58. The van der Waals surface area contributed by atoms with Crippen molar-refractivity contribution in [2.75, 3.05) is 6.54 Å². The maximum absolute atomic E-state index is 11.5. The molecule has 0 radical (unpaired) electrons. The molecule has 1 aromatic rings. The van der Waals surface area contributed by atoms with Crippen LogP contribution in [-0.2, 0) is 0 Å². The maximum atomic E-state index is 11.5. The third-order valence-electron chi connectivity index (χ3n) is 1.86. The van der Waals surface area contributed by atoms with Gasteiger partial charge < -0.3 is 10.4 Å². The largest absolute Gasteiger partial charge is 0.508 e. The molecule has 0 unspecified atom stereocenters. The topological polar surface area (TPSA) is 49.3 Å². The Hall–Kier alpha value is -1.35. The van der Waals surface area contributed by atoms with Gasteiger partial charge in [0.05, 0.1) is 6.54 Å². The molecule has 0 saturated heterocycles. The normalized spacial score (nSPS) is 10.5. The van der Waals surface area contributed by atoms with Gasteiger partial charge in [-0.3, -0.25) is 4.79 Å². The summed E-state index contributed by atoms with van der Waals surface area (Å²) in [5, 5.41) is 12.1. The average Bonchev–Trinajstić information content (AvgIpc) is 2.15. The number of rotatable bonds is 4. The van der Waals surface area contributed by atoms with Crippen molar-refractivity contribution >= 4 is 5.78 Å². The zero-order valence-electron chi connectivity index (χ0n) is 8.45. The monoisotopic (exact) mass is 193 g/mol. The van der Waals surface area contributed by atoms with E-state index in [9.17, 15) is 4.79 Å². The van der Waals surface area contributed by atoms with E-state index in [0.717, 1.165) is 0 Å². The Morgan fingerprint density at radius 2 is 1.93 bits per heavy atom. The number of benzene rings is 1. The van der Waals surface area contributed by atoms with Gasteiger partial charge in [-0.2, -0.15) is 0 Å². The van der Waals surface area contributed by atoms with Crippen LogP contribution in [0.25, 0.3) is 0 Å². The fourth-order valence-electron chi connectivity index (χ4n) is 1.05. The first kappa shape index (κ1) is 10.7. The fourth-order valence-corrected chi connectivity index (χ4v) is 1.05. The number of phenols is 1. The quantitative estimate of drug-likeness (QED) is 0.714. The second-order valence-electron chi connectivity index (χ2n) is 3.51. The summed E-state index contributed by atoms with van der Waals surface area (Å²) < 4.78 is 0. The summed E-state index contributed by atoms with van der Waals surface area (Å²) in [7, 11) is 0. The van der Waals surface area contributed by atoms with Gasteiger partial charge in [0.1, 0.15) is 5.75 Å². The predicted molar refractivity (Wildman–Crippen MR) is 55.6 cm³/mol. The SMILES string of the molecule is CC(C)NCC(=O)c1ccc(O)cc1. The number of carbonyl (C=O) groups is 1. The number of phenolic OH excluding ortho intramolecular Hbond substituents is 1. The Morgan fingerprint density at radius 1 is 1.36 bits per heavy atom. The van der Waals surface area contributed by atoms with Gasteiger partial charge in [0.25, 0.3) is 0 Å². The van der Waals surface area contributed by atoms with Crippen molar-refractivity contribution < 1.29 is 9.90 Å². The molecule has 1 rings (SSSR count). The molecule has 0 aliphatic carbocycles. The van der Waals surface area contributed by atoms with E-state index in [4.69, 9.17) is 5.11 Å². The molecule has 0 heterocycles. The van der Waals surface area contributed by atoms with Crippen LogP contribution in [0.1, 0.15) is 24.2 Å². The molecule has 14 heavy (non-hydrogen) atoms. The summed E-state index contributed by atoms with van der Waals surface area (Å²) in [6.07, 6.45) is 0. The van der Waals surface area contributed by atoms with E-state index in [2.05, 4.69) is 5.32 Å². The lowest BCUT2D eigenvalue weighted by atomic mass is 10.1. The van der Waals surface area contributed by atoms with Gasteiger partial charge in [-0.1, -0.05) is 13.8 Å². The second kappa shape index (κ2) is 4.77. The van der Waals surface area contributed by atoms with E-state index in [0.29, 0.717) is 18.2 Å². The van der Waals surface area contributed by atoms with E-state index in [1.807, 2.05) is 13.8 Å². The molecule has 0 fully saturated rings. The van der Waals surface area contributed by atoms with Crippen molar-refractivity contribution in [2.45, 2.75) is 19.9 Å². The van der Waals surface area contributed by atoms with Gasteiger partial charge in [0.2, 0.25) is 0 Å². The molecule has 3 heteroatoms. The van der Waals surface area contributed by atoms with Crippen LogP contribution < -0.4 is 5.32 Å². The maximum Gasteiger partial charge on any atom is 0.176 e. The molecule has 0 aliphatic heterocycles. The number of hydrogen-bond donors (Lipinski definition) is 2. The Labute approximate surface area is 83.8 Å². The summed E-state index contributed by atoms with van der Waals surface area (Å²) in [5.74, 6) is 0.220. The van der Waals surface area contributed by atoms with Crippen molar-refractivity contribution in [3.05, 3.63) is 29.8 Å². The van der Waals surface area contributed by atoms with E-state index in [1.165, 1.54) is 12.1 Å². The van der Waals surface area contributed by atoms with Gasteiger partial charge >= 0.3 is 0 Å². The molecule has 76 valence electrons. The van der Waals surface area contributed by atoms with Crippen LogP contribution in [0.3, 0.4) is 0 Å². The minimum Gasteiger partial charge on any atom is -0.508 e. The molecule has 0 aromatic heterocycles. The highest BCUT2D eigenvalue weighted by Crippen LogP contribution is 2.09. The smallest absolute Gasteiger partial charge is 0.176 e. The van der Waals surface area contributed by atoms with Crippen LogP contribution in [0.4, 0.5) is 0 Å². The molecule has 3 nitrogen and oxygen atoms in total. The highest BCUT2D eigenvalue weighted by Gasteiger charge is 2.05. The third kappa shape index (κ3) is 3.18. The van der Waals surface area contributed by atoms with Crippen molar-refractivity contribution in [1.29, 1.82) is 0 Å². The van der Waals surface area contributed by atoms with Crippen molar-refractivity contribution in [3.63, 3.8) is 0 Å². The standard InChI is InChI=1S/C11H15NO2/c1-8(2)12-7-11(14)9-3-5-10(13)6-4-9/h3-6,8,12-13H,7H2,1-2H3. The molecular weight excluding hydrogens is 178 g/mol. The van der Waals surface area contributed by atoms with Gasteiger partial charge in [-0.25, -0.2) is 0 Å². The van der Waals surface area contributed by atoms with E-state index in [1.54, 1.807) is 12.1 Å². The van der Waals surface area contributed by atoms with E-state index < -0.39 is 0 Å². The highest BCUT2D eigenvalue weighted by molar-refractivity contribution is 5.97. The number of carbonyl (C=O) groups excluding carboxylic acids is 1. The molecular formula is C11H15NO2. The summed E-state index contributed by atoms with van der Waals surface area (Å²) in [6.45, 7) is 4.32. The number of Topliss-reactive ketones (excluding diaryl/α,β-unsaturated/α-hetero) is 1. The van der Waals surface area contributed by atoms with Gasteiger partial charge in [0, 0.05) is 11.6 Å². The zero-order valence-corrected chi connectivity index (χ0v) is 8.45. The fraction of sp³-hybridized carbons (Fsp3) is 0.364. The van der Waals surface area contributed by atoms with Crippen LogP contribution in [-0.4, -0.2) is 23.5 Å². The van der Waals surface area contributed by atoms with Crippen molar-refractivity contribution in [1.82, 2.24) is 5.32 Å². The summed E-state index contributed by atoms with van der Waals surface area (Å²) in [5.41, 5.74) is 0.621. The molecule has 0 atom stereocenters. The molecule has 0 aliphatic rings. The molecule has 0 amide bonds. The predicted octanol–water partition coefficient (Wildman–Crippen LogP) is 1.57. The number of nitrogens with one attached hydrogen (secondary N) is 1. The van der Waals surface area contributed by atoms with Crippen molar-refractivity contribution in [3.8, 4) is 5.75 Å². The van der Waals surface area contributed by atoms with E-state index in [-0.39, 0.29) is 11.5 Å². The Kier molecular flexibility index (Phi) is 3.65. The highest BCUT2D eigenvalue weighted by atomic mass is 16.3. The second-order valence-corrected chi connectivity index (χ2v) is 3.51. The lowest BCUT2D eigenvalue weighted by Gasteiger charge is -2.06. The van der Waals surface area contributed by atoms with Crippen LogP contribution >= 0.6 is 0 Å². The first-order chi connectivity index (χ1) is 6.59. The third-order valence-corrected chi connectivity index (χ3v) is 1.86. The van der Waals surface area contributed by atoms with Crippen LogP contribution in [0.15, 0.2) is 24.3 Å². The summed E-state index contributed by atoms with van der Waals surface area (Å²) >= 11 is 0. The number of hydrogen-bond acceptors (Lipinski definition) is 3. The molecule has 1 aromatic carbocycles. The van der Waals surface area contributed by atoms with Crippen molar-refractivity contribution in [2.24, 2.45) is 0 Å². The minimum atomic E-state index is 0.0405. The lowest BCUT2D eigenvalue weighted by molar-refractivity contribution is 0.0988. The number of ketones is 1. The van der Waals surface area contributed by atoms with Gasteiger partial charge in [0.15, 0.2) is 5.78 Å². The zero-order chi connectivity index (χ0) is 10.6. The van der Waals surface area contributed by atoms with Crippen LogP contribution in [0.2, 0.25) is 0 Å². The van der Waals surface area contributed by atoms with Crippen LogP contribution in [0, 0.1) is 0 Å². The Balaban J connectivity index is 2.57. The molecule has 2 N–H and O–H groups in total. The average molecular weight is 193 g/mol. The number of aromatic hydroxyl groups is 1. The Bertz CT molecular complexity index is 304. The summed E-state index contributed by atoms with van der Waals surface area (Å²) in [4.78, 5) is 11.5. The minimum absolute atomic E-state index is 0.0405. The van der Waals surface area contributed by atoms with Gasteiger partial charge in [-0.15, -0.1) is 0 Å². The molecule has 0 bridgehead atoms. The van der Waals surface area contributed by atoms with Crippen LogP contribution in [0.5, 0.6) is 5.75 Å². The first-order valence-electron chi connectivity index (χ1n) is 4.65. The first-order valence-corrected chi connectivity index (χ1v) is 4.65.